The molecule has 0 amide bonds. The SMILES string of the molecule is CCOP(=S)(OCC)Sc1n[nH]c(C(O)C(O)c2nc(SP(=S)(OCC)OCC)n[nH]2)n1. The first-order valence-corrected chi connectivity index (χ1v) is 17.7. The fraction of sp³-hybridized carbons (Fsp3) is 0.714. The normalized spacial score (nSPS) is 14.6. The van der Waals surface area contributed by atoms with Crippen LogP contribution in [0.1, 0.15) is 51.6 Å². The van der Waals surface area contributed by atoms with Gasteiger partial charge in [0, 0.05) is 22.8 Å². The molecule has 2 heterocycles. The predicted octanol–water partition coefficient (Wildman–Crippen LogP) is 3.47. The molecule has 0 aliphatic heterocycles. The number of aliphatic hydroxyl groups excluding tert-OH is 2. The van der Waals surface area contributed by atoms with Gasteiger partial charge in [0.2, 0.25) is 10.3 Å². The van der Waals surface area contributed by atoms with Crippen LogP contribution in [0, 0.1) is 0 Å². The average Bonchev–Trinajstić information content (AvgIpc) is 3.37. The van der Waals surface area contributed by atoms with Gasteiger partial charge >= 0.3 is 0 Å². The van der Waals surface area contributed by atoms with Crippen LogP contribution >= 0.6 is 34.2 Å². The van der Waals surface area contributed by atoms with Crippen LogP contribution in [-0.2, 0) is 41.7 Å². The molecule has 18 heteroatoms. The van der Waals surface area contributed by atoms with Crippen molar-refractivity contribution in [2.24, 2.45) is 0 Å². The molecule has 0 fully saturated rings. The molecule has 182 valence electrons. The Morgan fingerprint density at radius 3 is 1.34 bits per heavy atom. The Morgan fingerprint density at radius 1 is 0.750 bits per heavy atom. The second kappa shape index (κ2) is 13.2. The second-order valence-electron chi connectivity index (χ2n) is 5.64. The third kappa shape index (κ3) is 8.07. The zero-order valence-corrected chi connectivity index (χ0v) is 22.9. The molecule has 32 heavy (non-hydrogen) atoms. The highest BCUT2D eigenvalue weighted by atomic mass is 32.9. The lowest BCUT2D eigenvalue weighted by Crippen LogP contribution is -2.13. The quantitative estimate of drug-likeness (QED) is 0.233. The van der Waals surface area contributed by atoms with Crippen LogP contribution in [0.4, 0.5) is 0 Å². The zero-order chi connectivity index (χ0) is 23.8. The van der Waals surface area contributed by atoms with Gasteiger partial charge in [0.05, 0.1) is 26.4 Å². The van der Waals surface area contributed by atoms with Gasteiger partial charge in [-0.2, -0.15) is 0 Å². The van der Waals surface area contributed by atoms with Crippen molar-refractivity contribution in [3.63, 3.8) is 0 Å². The minimum absolute atomic E-state index is 0.0221. The zero-order valence-electron chi connectivity index (χ0n) is 17.8. The molecule has 0 bridgehead atoms. The van der Waals surface area contributed by atoms with Crippen molar-refractivity contribution in [2.45, 2.75) is 50.2 Å². The largest absolute Gasteiger partial charge is 0.382 e. The molecule has 0 aromatic carbocycles. The van der Waals surface area contributed by atoms with Crippen LogP contribution in [0.5, 0.6) is 0 Å². The van der Waals surface area contributed by atoms with Crippen molar-refractivity contribution in [3.8, 4) is 0 Å². The van der Waals surface area contributed by atoms with Gasteiger partial charge in [-0.25, -0.2) is 9.97 Å². The van der Waals surface area contributed by atoms with Crippen molar-refractivity contribution in [2.75, 3.05) is 26.4 Å². The number of rotatable bonds is 15. The Bertz CT molecular complexity index is 854. The molecule has 2 atom stereocenters. The molecule has 2 aromatic rings. The highest BCUT2D eigenvalue weighted by Crippen LogP contribution is 2.64. The van der Waals surface area contributed by atoms with Gasteiger partial charge in [0.1, 0.15) is 12.2 Å². The lowest BCUT2D eigenvalue weighted by Gasteiger charge is -2.18. The summed E-state index contributed by atoms with van der Waals surface area (Å²) in [6.45, 7) is 8.79. The summed E-state index contributed by atoms with van der Waals surface area (Å²) in [6, 6.07) is 0. The number of hydrogen-bond acceptors (Lipinski definition) is 14. The summed E-state index contributed by atoms with van der Waals surface area (Å²) in [4.78, 5) is 8.38. The topological polar surface area (TPSA) is 161 Å². The molecule has 0 saturated carbocycles. The van der Waals surface area contributed by atoms with Gasteiger partial charge in [-0.05, 0) is 51.3 Å². The predicted molar refractivity (Wildman–Crippen MR) is 129 cm³/mol. The average molecular weight is 565 g/mol. The molecule has 2 aromatic heterocycles. The number of H-pyrrole nitrogens is 2. The van der Waals surface area contributed by atoms with Crippen molar-refractivity contribution in [1.82, 2.24) is 30.4 Å². The summed E-state index contributed by atoms with van der Waals surface area (Å²) in [5, 5.41) is 34.8. The van der Waals surface area contributed by atoms with Gasteiger partial charge in [-0.3, -0.25) is 10.2 Å². The Kier molecular flexibility index (Phi) is 11.7. The van der Waals surface area contributed by atoms with Crippen LogP contribution in [0.15, 0.2) is 10.3 Å². The summed E-state index contributed by atoms with van der Waals surface area (Å²) < 4.78 is 22.2. The van der Waals surface area contributed by atoms with E-state index in [1.54, 1.807) is 0 Å². The maximum Gasteiger partial charge on any atom is 0.255 e. The van der Waals surface area contributed by atoms with Crippen LogP contribution in [-0.4, -0.2) is 67.0 Å². The van der Waals surface area contributed by atoms with Crippen molar-refractivity contribution >= 4 is 57.8 Å². The van der Waals surface area contributed by atoms with E-state index < -0.39 is 23.6 Å². The minimum Gasteiger partial charge on any atom is -0.382 e. The number of aromatic amines is 2. The summed E-state index contributed by atoms with van der Waals surface area (Å²) in [6.07, 6.45) is -2.91. The molecule has 0 spiro atoms. The first kappa shape index (κ1) is 28.3. The lowest BCUT2D eigenvalue weighted by atomic mass is 10.2. The minimum atomic E-state index is -2.67. The summed E-state index contributed by atoms with van der Waals surface area (Å²) in [5.74, 6) is 0.0443. The Balaban J connectivity index is 2.09. The van der Waals surface area contributed by atoms with E-state index in [0.717, 1.165) is 22.8 Å². The molecule has 12 nitrogen and oxygen atoms in total. The molecule has 2 unspecified atom stereocenters. The van der Waals surface area contributed by atoms with Crippen molar-refractivity contribution < 1.29 is 28.3 Å². The molecule has 4 N–H and O–H groups in total. The van der Waals surface area contributed by atoms with Crippen molar-refractivity contribution in [3.05, 3.63) is 11.6 Å². The van der Waals surface area contributed by atoms with E-state index in [1.807, 2.05) is 27.7 Å². The van der Waals surface area contributed by atoms with Crippen molar-refractivity contribution in [1.29, 1.82) is 0 Å². The van der Waals surface area contributed by atoms with E-state index in [-0.39, 0.29) is 22.0 Å². The number of nitrogens with one attached hydrogen (secondary N) is 2. The molecule has 0 saturated heterocycles. The lowest BCUT2D eigenvalue weighted by molar-refractivity contribution is 0.00664. The molecular formula is C14H26N6O6P2S4. The van der Waals surface area contributed by atoms with E-state index in [4.69, 9.17) is 41.7 Å². The van der Waals surface area contributed by atoms with Crippen LogP contribution < -0.4 is 0 Å². The Labute approximate surface area is 204 Å². The summed E-state index contributed by atoms with van der Waals surface area (Å²) in [7, 11) is 0. The van der Waals surface area contributed by atoms with Gasteiger partial charge in [-0.15, -0.1) is 10.2 Å². The second-order valence-corrected chi connectivity index (χ2v) is 17.8. The maximum absolute atomic E-state index is 10.5. The first-order chi connectivity index (χ1) is 15.2. The van der Waals surface area contributed by atoms with E-state index in [9.17, 15) is 10.2 Å². The van der Waals surface area contributed by atoms with E-state index >= 15 is 0 Å². The highest BCUT2D eigenvalue weighted by molar-refractivity contribution is 8.68. The molecule has 0 radical (unpaired) electrons. The number of aromatic nitrogens is 6. The van der Waals surface area contributed by atoms with E-state index in [0.29, 0.717) is 26.4 Å². The van der Waals surface area contributed by atoms with Gasteiger partial charge in [0.15, 0.2) is 11.6 Å². The van der Waals surface area contributed by atoms with Gasteiger partial charge in [-0.1, -0.05) is 0 Å². The Morgan fingerprint density at radius 2 is 1.06 bits per heavy atom. The molecule has 2 rings (SSSR count). The van der Waals surface area contributed by atoms with Crippen LogP contribution in [0.2, 0.25) is 0 Å². The standard InChI is InChI=1S/C14H26N6O6P2S4/c1-5-23-27(29,24-6-2)31-13-15-11(17-19-13)9(21)10(22)12-16-14(20-18-12)32-28(30,25-7-3)26-8-4/h9-10,21-22H,5-8H2,1-4H3,(H,15,17,19)(H,16,18,20). The molecule has 0 aliphatic rings. The fourth-order valence-corrected chi connectivity index (χ4v) is 10.7. The van der Waals surface area contributed by atoms with Gasteiger partial charge in [0.25, 0.3) is 11.4 Å². The number of hydrogen-bond donors (Lipinski definition) is 4. The Hall–Kier alpha value is 0.0400. The maximum atomic E-state index is 10.5. The monoisotopic (exact) mass is 564 g/mol. The summed E-state index contributed by atoms with van der Waals surface area (Å²) >= 11 is 13.0. The first-order valence-electron chi connectivity index (χ1n) is 9.57. The van der Waals surface area contributed by atoms with E-state index in [2.05, 4.69) is 30.4 Å². The van der Waals surface area contributed by atoms with Crippen LogP contribution in [0.3, 0.4) is 0 Å². The third-order valence-corrected chi connectivity index (χ3v) is 13.0. The van der Waals surface area contributed by atoms with E-state index in [1.165, 1.54) is 0 Å². The molecule has 0 aliphatic carbocycles. The highest BCUT2D eigenvalue weighted by Gasteiger charge is 2.30. The summed E-state index contributed by atoms with van der Waals surface area (Å²) in [5.41, 5.74) is -5.34. The number of aliphatic hydroxyl groups is 2. The smallest absolute Gasteiger partial charge is 0.255 e. The fourth-order valence-electron chi connectivity index (χ4n) is 2.17. The third-order valence-electron chi connectivity index (χ3n) is 3.36. The van der Waals surface area contributed by atoms with Crippen LogP contribution in [0.25, 0.3) is 0 Å². The number of nitrogens with zero attached hydrogens (tertiary/aromatic N) is 4. The molecular weight excluding hydrogens is 538 g/mol. The van der Waals surface area contributed by atoms with Gasteiger partial charge < -0.3 is 28.3 Å².